The van der Waals surface area contributed by atoms with Crippen LogP contribution in [-0.4, -0.2) is 45.7 Å². The van der Waals surface area contributed by atoms with Gasteiger partial charge in [0.1, 0.15) is 5.82 Å². The fourth-order valence-electron chi connectivity index (χ4n) is 6.20. The summed E-state index contributed by atoms with van der Waals surface area (Å²) in [4.78, 5) is 28.5. The molecule has 1 aromatic carbocycles. The molecular weight excluding hydrogens is 543 g/mol. The van der Waals surface area contributed by atoms with E-state index >= 15 is 0 Å². The van der Waals surface area contributed by atoms with Crippen molar-refractivity contribution in [2.24, 2.45) is 5.41 Å². The largest absolute Gasteiger partial charge is 0.481 e. The zero-order valence-electron chi connectivity index (χ0n) is 25.1. The topological polar surface area (TPSA) is 82.5 Å². The average Bonchev–Trinajstić information content (AvgIpc) is 2.90. The number of benzene rings is 1. The van der Waals surface area contributed by atoms with Crippen LogP contribution in [0, 0.1) is 33.1 Å². The number of aryl methyl sites for hydroxylation is 3. The Bertz CT molecular complexity index is 1540. The lowest BCUT2D eigenvalue weighted by Crippen LogP contribution is -2.38. The molecular formula is C32H38F3N5O2. The van der Waals surface area contributed by atoms with Crippen molar-refractivity contribution in [2.45, 2.75) is 79.9 Å². The van der Waals surface area contributed by atoms with Crippen molar-refractivity contribution in [3.8, 4) is 11.1 Å². The Kier molecular flexibility index (Phi) is 7.70. The number of alkyl halides is 3. The highest BCUT2D eigenvalue weighted by Gasteiger charge is 2.37. The summed E-state index contributed by atoms with van der Waals surface area (Å²) in [6.07, 6.45) is -2.05. The number of fused-ring (bicyclic) bond motifs is 1. The molecule has 7 nitrogen and oxygen atoms in total. The van der Waals surface area contributed by atoms with E-state index in [-0.39, 0.29) is 11.8 Å². The van der Waals surface area contributed by atoms with Gasteiger partial charge in [-0.2, -0.15) is 13.2 Å². The minimum Gasteiger partial charge on any atom is -0.481 e. The maximum absolute atomic E-state index is 13.5. The van der Waals surface area contributed by atoms with Crippen LogP contribution >= 0.6 is 0 Å². The normalized spacial score (nSPS) is 16.9. The van der Waals surface area contributed by atoms with E-state index in [1.807, 2.05) is 30.9 Å². The highest BCUT2D eigenvalue weighted by molar-refractivity contribution is 5.86. The van der Waals surface area contributed by atoms with Gasteiger partial charge in [-0.25, -0.2) is 9.97 Å². The number of hydrogen-bond donors (Lipinski definition) is 1. The average molecular weight is 582 g/mol. The number of rotatable bonds is 5. The lowest BCUT2D eigenvalue weighted by Gasteiger charge is -2.40. The van der Waals surface area contributed by atoms with Crippen LogP contribution in [0.1, 0.15) is 71.8 Å². The van der Waals surface area contributed by atoms with E-state index in [0.29, 0.717) is 36.6 Å². The molecule has 2 aromatic heterocycles. The quantitative estimate of drug-likeness (QED) is 0.363. The first-order chi connectivity index (χ1) is 19.6. The number of nitrogens with zero attached hydrogens (tertiary/aromatic N) is 5. The Hall–Kier alpha value is -3.69. The second-order valence-corrected chi connectivity index (χ2v) is 12.4. The highest BCUT2D eigenvalue weighted by atomic mass is 19.4. The van der Waals surface area contributed by atoms with Crippen molar-refractivity contribution >= 4 is 17.5 Å². The molecule has 0 aliphatic carbocycles. The van der Waals surface area contributed by atoms with Gasteiger partial charge >= 0.3 is 12.1 Å². The van der Waals surface area contributed by atoms with Crippen LogP contribution in [0.2, 0.25) is 0 Å². The maximum atomic E-state index is 13.5. The summed E-state index contributed by atoms with van der Waals surface area (Å²) >= 11 is 0. The van der Waals surface area contributed by atoms with Gasteiger partial charge in [0.05, 0.1) is 12.1 Å². The summed E-state index contributed by atoms with van der Waals surface area (Å²) in [5.74, 6) is -1.69. The number of pyridine rings is 1. The number of carboxylic acids is 1. The van der Waals surface area contributed by atoms with E-state index in [9.17, 15) is 23.1 Å². The number of halogens is 3. The molecule has 42 heavy (non-hydrogen) atoms. The van der Waals surface area contributed by atoms with Gasteiger partial charge in [-0.05, 0) is 69.1 Å². The second-order valence-electron chi connectivity index (χ2n) is 12.4. The highest BCUT2D eigenvalue weighted by Crippen LogP contribution is 2.42. The molecule has 4 heterocycles. The third-order valence-corrected chi connectivity index (χ3v) is 8.84. The van der Waals surface area contributed by atoms with E-state index < -0.39 is 18.0 Å². The van der Waals surface area contributed by atoms with Crippen molar-refractivity contribution in [2.75, 3.05) is 29.4 Å². The minimum absolute atomic E-state index is 0.0984. The van der Waals surface area contributed by atoms with Crippen LogP contribution in [0.4, 0.5) is 24.7 Å². The third-order valence-electron chi connectivity index (χ3n) is 8.84. The van der Waals surface area contributed by atoms with Gasteiger partial charge in [0.2, 0.25) is 5.82 Å². The number of aromatic nitrogens is 3. The third kappa shape index (κ3) is 5.80. The van der Waals surface area contributed by atoms with Gasteiger partial charge in [0.15, 0.2) is 0 Å². The molecule has 5 rings (SSSR count). The van der Waals surface area contributed by atoms with Crippen LogP contribution in [0.15, 0.2) is 18.2 Å². The molecule has 224 valence electrons. The van der Waals surface area contributed by atoms with Crippen molar-refractivity contribution in [1.29, 1.82) is 0 Å². The van der Waals surface area contributed by atoms with Gasteiger partial charge < -0.3 is 14.9 Å². The lowest BCUT2D eigenvalue weighted by atomic mass is 9.82. The summed E-state index contributed by atoms with van der Waals surface area (Å²) in [5, 5.41) is 9.78. The second kappa shape index (κ2) is 10.9. The molecule has 0 atom stereocenters. The molecule has 0 saturated carbocycles. The van der Waals surface area contributed by atoms with Gasteiger partial charge in [-0.15, -0.1) is 0 Å². The molecule has 3 aromatic rings. The molecule has 0 spiro atoms. The molecule has 0 radical (unpaired) electrons. The SMILES string of the molecule is Cc1nc(C(F)(F)F)nc(N2CCc3cc(-c4c(C)nc(C)c(CC(=O)O)c4N4CCC(C)(C)CC4)ccc3C2)c1C. The molecule has 10 heteroatoms. The van der Waals surface area contributed by atoms with E-state index in [1.54, 1.807) is 13.8 Å². The fraction of sp³-hybridized carbons (Fsp3) is 0.500. The Morgan fingerprint density at radius 1 is 0.929 bits per heavy atom. The number of aliphatic carboxylic acids is 1. The first-order valence-corrected chi connectivity index (χ1v) is 14.4. The van der Waals surface area contributed by atoms with Gasteiger partial charge in [0, 0.05) is 60.0 Å². The first kappa shape index (κ1) is 29.8. The van der Waals surface area contributed by atoms with Crippen molar-refractivity contribution in [3.05, 3.63) is 63.4 Å². The smallest absolute Gasteiger partial charge is 0.451 e. The molecule has 0 bridgehead atoms. The summed E-state index contributed by atoms with van der Waals surface area (Å²) in [6, 6.07) is 6.21. The van der Waals surface area contributed by atoms with Gasteiger partial charge in [0.25, 0.3) is 0 Å². The maximum Gasteiger partial charge on any atom is 0.451 e. The van der Waals surface area contributed by atoms with Crippen LogP contribution in [0.3, 0.4) is 0 Å². The Morgan fingerprint density at radius 2 is 1.62 bits per heavy atom. The number of carboxylic acid groups (broad SMARTS) is 1. The summed E-state index contributed by atoms with van der Waals surface area (Å²) < 4.78 is 40.4. The molecule has 0 unspecified atom stereocenters. The number of anilines is 2. The number of hydrogen-bond acceptors (Lipinski definition) is 6. The molecule has 1 fully saturated rings. The van der Waals surface area contributed by atoms with Crippen molar-refractivity contribution in [3.63, 3.8) is 0 Å². The molecule has 2 aliphatic rings. The van der Waals surface area contributed by atoms with E-state index in [1.165, 1.54) is 0 Å². The molecule has 2 aliphatic heterocycles. The minimum atomic E-state index is -4.61. The molecule has 0 amide bonds. The van der Waals surface area contributed by atoms with E-state index in [2.05, 4.69) is 34.8 Å². The van der Waals surface area contributed by atoms with Crippen LogP contribution in [0.5, 0.6) is 0 Å². The predicted octanol–water partition coefficient (Wildman–Crippen LogP) is 6.61. The standard InChI is InChI=1S/C32H38F3N5O2/c1-18-19(2)37-30(32(33,34)35)38-29(18)40-12-9-22-15-23(7-8-24(22)17-40)27-21(4)36-20(3)25(16-26(41)42)28(27)39-13-10-31(5,6)11-14-39/h7-8,15H,9-14,16-17H2,1-6H3,(H,41,42). The summed E-state index contributed by atoms with van der Waals surface area (Å²) in [7, 11) is 0. The van der Waals surface area contributed by atoms with Crippen LogP contribution in [0.25, 0.3) is 11.1 Å². The first-order valence-electron chi connectivity index (χ1n) is 14.4. The van der Waals surface area contributed by atoms with Crippen molar-refractivity contribution in [1.82, 2.24) is 15.0 Å². The van der Waals surface area contributed by atoms with Gasteiger partial charge in [-0.3, -0.25) is 9.78 Å². The van der Waals surface area contributed by atoms with E-state index in [0.717, 1.165) is 70.8 Å². The lowest BCUT2D eigenvalue weighted by molar-refractivity contribution is -0.145. The monoisotopic (exact) mass is 581 g/mol. The number of carbonyl (C=O) groups is 1. The molecule has 1 N–H and O–H groups in total. The van der Waals surface area contributed by atoms with Crippen LogP contribution in [-0.2, 0) is 30.4 Å². The van der Waals surface area contributed by atoms with Crippen molar-refractivity contribution < 1.29 is 23.1 Å². The van der Waals surface area contributed by atoms with E-state index in [4.69, 9.17) is 4.98 Å². The summed E-state index contributed by atoms with van der Waals surface area (Å²) in [5.41, 5.74) is 8.58. The van der Waals surface area contributed by atoms with Gasteiger partial charge in [-0.1, -0.05) is 32.0 Å². The fourth-order valence-corrected chi connectivity index (χ4v) is 6.20. The zero-order chi connectivity index (χ0) is 30.6. The Morgan fingerprint density at radius 3 is 2.26 bits per heavy atom. The Labute approximate surface area is 244 Å². The summed E-state index contributed by atoms with van der Waals surface area (Å²) in [6.45, 7) is 14.4. The Balaban J connectivity index is 1.54. The zero-order valence-corrected chi connectivity index (χ0v) is 25.1. The number of piperidine rings is 1. The van der Waals surface area contributed by atoms with Crippen LogP contribution < -0.4 is 9.80 Å². The molecule has 1 saturated heterocycles. The predicted molar refractivity (Wildman–Crippen MR) is 157 cm³/mol.